The van der Waals surface area contributed by atoms with Gasteiger partial charge in [0.15, 0.2) is 0 Å². The molecule has 0 aliphatic heterocycles. The molecule has 0 amide bonds. The van der Waals surface area contributed by atoms with Crippen molar-refractivity contribution >= 4 is 11.3 Å². The average molecular weight is 183 g/mol. The summed E-state index contributed by atoms with van der Waals surface area (Å²) in [5, 5.41) is 4.41. The lowest BCUT2D eigenvalue weighted by Crippen LogP contribution is -2.02. The molecule has 2 N–H and O–H groups in total. The van der Waals surface area contributed by atoms with E-state index >= 15 is 0 Å². The molecule has 1 unspecified atom stereocenters. The van der Waals surface area contributed by atoms with Gasteiger partial charge in [-0.1, -0.05) is 6.92 Å². The van der Waals surface area contributed by atoms with Crippen molar-refractivity contribution in [2.75, 3.05) is 6.54 Å². The van der Waals surface area contributed by atoms with Crippen molar-refractivity contribution in [2.45, 2.75) is 32.1 Å². The molecule has 0 aliphatic carbocycles. The van der Waals surface area contributed by atoms with Gasteiger partial charge in [0.25, 0.3) is 0 Å². The molecule has 0 saturated carbocycles. The number of nitrogens with two attached hydrogens (primary N) is 1. The lowest BCUT2D eigenvalue weighted by Gasteiger charge is -2.11. The predicted molar refractivity (Wildman–Crippen MR) is 55.6 cm³/mol. The first-order valence-corrected chi connectivity index (χ1v) is 5.55. The van der Waals surface area contributed by atoms with Crippen LogP contribution in [-0.4, -0.2) is 6.54 Å². The van der Waals surface area contributed by atoms with Crippen molar-refractivity contribution < 1.29 is 0 Å². The third-order valence-corrected chi connectivity index (χ3v) is 2.97. The van der Waals surface area contributed by atoms with Crippen molar-refractivity contribution in [2.24, 2.45) is 5.73 Å². The first-order valence-electron chi connectivity index (χ1n) is 4.60. The number of rotatable bonds is 5. The van der Waals surface area contributed by atoms with Crippen LogP contribution in [0.4, 0.5) is 0 Å². The maximum Gasteiger partial charge on any atom is -0.00584 e. The summed E-state index contributed by atoms with van der Waals surface area (Å²) in [5.74, 6) is 0.736. The van der Waals surface area contributed by atoms with E-state index in [0.29, 0.717) is 0 Å². The van der Waals surface area contributed by atoms with Crippen LogP contribution in [0.25, 0.3) is 0 Å². The fraction of sp³-hybridized carbons (Fsp3) is 0.600. The zero-order valence-corrected chi connectivity index (χ0v) is 8.44. The molecule has 68 valence electrons. The van der Waals surface area contributed by atoms with E-state index in [9.17, 15) is 0 Å². The molecule has 0 aliphatic rings. The molecule has 0 bridgehead atoms. The van der Waals surface area contributed by atoms with E-state index in [2.05, 4.69) is 23.8 Å². The Morgan fingerprint density at radius 1 is 1.58 bits per heavy atom. The van der Waals surface area contributed by atoms with E-state index in [0.717, 1.165) is 18.9 Å². The fourth-order valence-electron chi connectivity index (χ4n) is 1.48. The Morgan fingerprint density at radius 2 is 2.42 bits per heavy atom. The highest BCUT2D eigenvalue weighted by Gasteiger charge is 2.08. The molecule has 0 spiro atoms. The van der Waals surface area contributed by atoms with Crippen molar-refractivity contribution in [1.29, 1.82) is 0 Å². The molecule has 0 aromatic carbocycles. The van der Waals surface area contributed by atoms with Crippen LogP contribution in [0.15, 0.2) is 16.8 Å². The Balaban J connectivity index is 2.45. The van der Waals surface area contributed by atoms with Crippen LogP contribution in [0.1, 0.15) is 37.7 Å². The van der Waals surface area contributed by atoms with E-state index in [1.165, 1.54) is 18.4 Å². The summed E-state index contributed by atoms with van der Waals surface area (Å²) in [7, 11) is 0. The highest BCUT2D eigenvalue weighted by Crippen LogP contribution is 2.25. The van der Waals surface area contributed by atoms with Crippen molar-refractivity contribution in [3.63, 3.8) is 0 Å². The molecule has 1 heterocycles. The van der Waals surface area contributed by atoms with Crippen LogP contribution in [0.3, 0.4) is 0 Å². The first-order chi connectivity index (χ1) is 5.88. The van der Waals surface area contributed by atoms with Gasteiger partial charge in [-0.25, -0.2) is 0 Å². The molecule has 2 heteroatoms. The summed E-state index contributed by atoms with van der Waals surface area (Å²) in [6, 6.07) is 2.23. The molecular formula is C10H17NS. The Hall–Kier alpha value is -0.340. The smallest absolute Gasteiger partial charge is 0.00584 e. The summed E-state index contributed by atoms with van der Waals surface area (Å²) in [5.41, 5.74) is 6.98. The molecule has 1 aromatic rings. The van der Waals surface area contributed by atoms with E-state index in [1.807, 2.05) is 0 Å². The Morgan fingerprint density at radius 3 is 2.92 bits per heavy atom. The van der Waals surface area contributed by atoms with Gasteiger partial charge in [-0.2, -0.15) is 11.3 Å². The Labute approximate surface area is 78.6 Å². The van der Waals surface area contributed by atoms with Gasteiger partial charge in [0.05, 0.1) is 0 Å². The minimum Gasteiger partial charge on any atom is -0.330 e. The van der Waals surface area contributed by atoms with E-state index in [1.54, 1.807) is 11.3 Å². The molecule has 0 fully saturated rings. The molecular weight excluding hydrogens is 166 g/mol. The Kier molecular flexibility index (Phi) is 4.33. The number of hydrogen-bond acceptors (Lipinski definition) is 2. The van der Waals surface area contributed by atoms with Gasteiger partial charge < -0.3 is 5.73 Å². The summed E-state index contributed by atoms with van der Waals surface area (Å²) >= 11 is 1.79. The van der Waals surface area contributed by atoms with Crippen molar-refractivity contribution in [1.82, 2.24) is 0 Å². The van der Waals surface area contributed by atoms with E-state index < -0.39 is 0 Å². The van der Waals surface area contributed by atoms with Crippen LogP contribution in [-0.2, 0) is 0 Å². The minimum atomic E-state index is 0.736. The number of thiophene rings is 1. The van der Waals surface area contributed by atoms with Gasteiger partial charge in [0.2, 0.25) is 0 Å². The van der Waals surface area contributed by atoms with E-state index in [4.69, 9.17) is 5.73 Å². The highest BCUT2D eigenvalue weighted by atomic mass is 32.1. The third-order valence-electron chi connectivity index (χ3n) is 2.26. The first kappa shape index (κ1) is 9.75. The zero-order valence-electron chi connectivity index (χ0n) is 7.62. The van der Waals surface area contributed by atoms with Gasteiger partial charge in [0, 0.05) is 0 Å². The van der Waals surface area contributed by atoms with Gasteiger partial charge in [-0.05, 0) is 54.1 Å². The minimum absolute atomic E-state index is 0.736. The molecule has 1 atom stereocenters. The van der Waals surface area contributed by atoms with Crippen LogP contribution in [0, 0.1) is 0 Å². The highest BCUT2D eigenvalue weighted by molar-refractivity contribution is 7.07. The normalized spacial score (nSPS) is 13.2. The van der Waals surface area contributed by atoms with Gasteiger partial charge in [-0.15, -0.1) is 0 Å². The van der Waals surface area contributed by atoms with E-state index in [-0.39, 0.29) is 0 Å². The van der Waals surface area contributed by atoms with Gasteiger partial charge >= 0.3 is 0 Å². The lowest BCUT2D eigenvalue weighted by molar-refractivity contribution is 0.582. The van der Waals surface area contributed by atoms with Crippen LogP contribution >= 0.6 is 11.3 Å². The summed E-state index contributed by atoms with van der Waals surface area (Å²) in [6.07, 6.45) is 3.62. The average Bonchev–Trinajstić information content (AvgIpc) is 2.59. The van der Waals surface area contributed by atoms with Crippen LogP contribution in [0.2, 0.25) is 0 Å². The molecule has 1 aromatic heterocycles. The second-order valence-corrected chi connectivity index (χ2v) is 3.87. The predicted octanol–water partition coefficient (Wildman–Crippen LogP) is 2.98. The topological polar surface area (TPSA) is 26.0 Å². The van der Waals surface area contributed by atoms with Crippen molar-refractivity contribution in [3.05, 3.63) is 22.4 Å². The van der Waals surface area contributed by atoms with Crippen LogP contribution < -0.4 is 5.73 Å². The second kappa shape index (κ2) is 5.33. The summed E-state index contributed by atoms with van der Waals surface area (Å²) < 4.78 is 0. The fourth-order valence-corrected chi connectivity index (χ4v) is 2.22. The maximum absolute atomic E-state index is 5.49. The monoisotopic (exact) mass is 183 g/mol. The standard InChI is InChI=1S/C10H17NS/c1-2-9(4-3-6-11)10-5-7-12-8-10/h5,7-9H,2-4,6,11H2,1H3. The SMILES string of the molecule is CCC(CCCN)c1ccsc1. The summed E-state index contributed by atoms with van der Waals surface area (Å²) in [6.45, 7) is 3.07. The molecule has 0 radical (unpaired) electrons. The third kappa shape index (κ3) is 2.61. The maximum atomic E-state index is 5.49. The molecule has 1 rings (SSSR count). The largest absolute Gasteiger partial charge is 0.330 e. The van der Waals surface area contributed by atoms with Crippen molar-refractivity contribution in [3.8, 4) is 0 Å². The number of hydrogen-bond donors (Lipinski definition) is 1. The molecule has 1 nitrogen and oxygen atoms in total. The van der Waals surface area contributed by atoms with Crippen LogP contribution in [0.5, 0.6) is 0 Å². The molecule has 12 heavy (non-hydrogen) atoms. The summed E-state index contributed by atoms with van der Waals surface area (Å²) in [4.78, 5) is 0. The lowest BCUT2D eigenvalue weighted by atomic mass is 9.94. The Bertz CT molecular complexity index is 194. The molecule has 0 saturated heterocycles. The second-order valence-electron chi connectivity index (χ2n) is 3.09. The van der Waals surface area contributed by atoms with Gasteiger partial charge in [-0.3, -0.25) is 0 Å². The zero-order chi connectivity index (χ0) is 8.81. The quantitative estimate of drug-likeness (QED) is 0.746. The van der Waals surface area contributed by atoms with Gasteiger partial charge in [0.1, 0.15) is 0 Å².